The van der Waals surface area contributed by atoms with E-state index in [1.165, 1.54) is 12.8 Å². The molecule has 0 bridgehead atoms. The Kier molecular flexibility index (Phi) is 7.47. The Morgan fingerprint density at radius 1 is 0.949 bits per heavy atom. The molecular weight excluding hydrogens is 571 g/mol. The van der Waals surface area contributed by atoms with E-state index in [9.17, 15) is 0 Å². The van der Waals surface area contributed by atoms with E-state index in [2.05, 4.69) is 39.2 Å². The van der Waals surface area contributed by atoms with Crippen LogP contribution < -0.4 is 15.1 Å². The molecule has 0 aliphatic carbocycles. The summed E-state index contributed by atoms with van der Waals surface area (Å²) in [6, 6.07) is 20.8. The van der Waals surface area contributed by atoms with Crippen molar-refractivity contribution in [3.8, 4) is 11.3 Å². The molecule has 2 aliphatic rings. The Morgan fingerprint density at radius 3 is 2.49 bits per heavy atom. The molecule has 6 rings (SSSR count). The van der Waals surface area contributed by atoms with Crippen molar-refractivity contribution in [2.75, 3.05) is 22.9 Å². The van der Waals surface area contributed by atoms with Crippen LogP contribution in [-0.2, 0) is 0 Å². The van der Waals surface area contributed by atoms with Gasteiger partial charge in [0.25, 0.3) is 0 Å². The highest BCUT2D eigenvalue weighted by molar-refractivity contribution is 7.80. The molecule has 5 nitrogen and oxygen atoms in total. The molecule has 2 fully saturated rings. The zero-order valence-corrected chi connectivity index (χ0v) is 24.4. The number of thiocarbonyl (C=S) groups is 1. The van der Waals surface area contributed by atoms with Crippen LogP contribution in [0, 0.1) is 5.92 Å². The maximum atomic E-state index is 6.89. The maximum absolute atomic E-state index is 6.89. The Morgan fingerprint density at radius 2 is 1.77 bits per heavy atom. The fourth-order valence-electron chi connectivity index (χ4n) is 5.42. The summed E-state index contributed by atoms with van der Waals surface area (Å²) in [7, 11) is 0. The van der Waals surface area contributed by atoms with Gasteiger partial charge in [-0.3, -0.25) is 4.98 Å². The first-order valence-corrected chi connectivity index (χ1v) is 14.5. The van der Waals surface area contributed by atoms with Gasteiger partial charge in [0, 0.05) is 35.6 Å². The maximum Gasteiger partial charge on any atom is 0.174 e. The van der Waals surface area contributed by atoms with Crippen LogP contribution in [0.4, 0.5) is 11.4 Å². The second kappa shape index (κ2) is 11.0. The summed E-state index contributed by atoms with van der Waals surface area (Å²) < 4.78 is 6.45. The third kappa shape index (κ3) is 5.23. The molecule has 9 heteroatoms. The van der Waals surface area contributed by atoms with Gasteiger partial charge in [0.1, 0.15) is 17.6 Å². The molecule has 39 heavy (non-hydrogen) atoms. The van der Waals surface area contributed by atoms with Crippen LogP contribution in [0.15, 0.2) is 77.3 Å². The highest BCUT2D eigenvalue weighted by atomic mass is 35.5. The van der Waals surface area contributed by atoms with Crippen molar-refractivity contribution in [3.05, 3.63) is 99.4 Å². The van der Waals surface area contributed by atoms with Gasteiger partial charge in [0.05, 0.1) is 27.5 Å². The normalized spacial score (nSPS) is 19.9. The van der Waals surface area contributed by atoms with Crippen LogP contribution in [0.1, 0.15) is 43.3 Å². The molecule has 1 N–H and O–H groups in total. The van der Waals surface area contributed by atoms with Crippen LogP contribution in [-0.4, -0.2) is 23.2 Å². The summed E-state index contributed by atoms with van der Waals surface area (Å²) in [6.45, 7) is 4.33. The quantitative estimate of drug-likeness (QED) is 0.232. The molecule has 0 unspecified atom stereocenters. The number of nitrogens with zero attached hydrogens (tertiary/aromatic N) is 3. The second-order valence-corrected chi connectivity index (χ2v) is 11.8. The first kappa shape index (κ1) is 26.5. The molecule has 4 aromatic rings. The third-order valence-electron chi connectivity index (χ3n) is 7.55. The number of hydrogen-bond donors (Lipinski definition) is 1. The van der Waals surface area contributed by atoms with Gasteiger partial charge in [-0.1, -0.05) is 47.8 Å². The molecule has 0 spiro atoms. The molecule has 2 atom stereocenters. The van der Waals surface area contributed by atoms with Gasteiger partial charge >= 0.3 is 0 Å². The monoisotopic (exact) mass is 596 g/mol. The summed E-state index contributed by atoms with van der Waals surface area (Å²) in [5.41, 5.74) is 3.57. The number of halogens is 3. The first-order valence-electron chi connectivity index (χ1n) is 13.0. The Bertz CT molecular complexity index is 1500. The lowest BCUT2D eigenvalue weighted by Gasteiger charge is -2.33. The largest absolute Gasteiger partial charge is 0.459 e. The Hall–Kier alpha value is -2.77. The summed E-state index contributed by atoms with van der Waals surface area (Å²) in [4.78, 5) is 9.06. The van der Waals surface area contributed by atoms with E-state index in [0.29, 0.717) is 25.9 Å². The van der Waals surface area contributed by atoms with Crippen molar-refractivity contribution in [1.29, 1.82) is 0 Å². The van der Waals surface area contributed by atoms with Crippen molar-refractivity contribution in [2.45, 2.75) is 31.8 Å². The van der Waals surface area contributed by atoms with Crippen LogP contribution in [0.2, 0.25) is 15.1 Å². The molecular formula is C30H27Cl3N4OS. The highest BCUT2D eigenvalue weighted by Crippen LogP contribution is 2.45. The van der Waals surface area contributed by atoms with Crippen molar-refractivity contribution in [1.82, 2.24) is 10.3 Å². The predicted molar refractivity (Wildman–Crippen MR) is 164 cm³/mol. The average Bonchev–Trinajstić information content (AvgIpc) is 3.54. The number of benzene rings is 2. The number of rotatable bonds is 5. The number of nitrogens with one attached hydrogen (secondary N) is 1. The van der Waals surface area contributed by atoms with Gasteiger partial charge in [-0.05, 0) is 91.6 Å². The lowest BCUT2D eigenvalue weighted by molar-refractivity contribution is 0.438. The molecule has 2 aliphatic heterocycles. The molecule has 2 aromatic heterocycles. The van der Waals surface area contributed by atoms with E-state index < -0.39 is 0 Å². The summed E-state index contributed by atoms with van der Waals surface area (Å²) >= 11 is 25.4. The smallest absolute Gasteiger partial charge is 0.174 e. The summed E-state index contributed by atoms with van der Waals surface area (Å²) in [6.07, 6.45) is 4.13. The van der Waals surface area contributed by atoms with Gasteiger partial charge in [-0.2, -0.15) is 0 Å². The van der Waals surface area contributed by atoms with E-state index in [4.69, 9.17) is 51.4 Å². The standard InChI is InChI=1S/C30H27Cl3N4OS/c1-18-11-14-36(15-12-18)25-8-6-20(17-23(25)33)37-29(28(35-30(37)39)24-4-2-3-13-34-24)27-10-9-26(38-27)21-7-5-19(31)16-22(21)32/h2-10,13,16-18,28-29H,11-12,14-15H2,1H3,(H,35,39)/t28-,29-/m0/s1. The Balaban J connectivity index is 1.38. The van der Waals surface area contributed by atoms with Crippen molar-refractivity contribution < 1.29 is 4.42 Å². The van der Waals surface area contributed by atoms with Crippen molar-refractivity contribution >= 4 is 63.5 Å². The zero-order chi connectivity index (χ0) is 27.1. The molecule has 0 amide bonds. The molecule has 200 valence electrons. The van der Waals surface area contributed by atoms with Crippen molar-refractivity contribution in [2.24, 2.45) is 5.92 Å². The summed E-state index contributed by atoms with van der Waals surface area (Å²) in [5.74, 6) is 2.12. The van der Waals surface area contributed by atoms with E-state index in [0.717, 1.165) is 47.4 Å². The van der Waals surface area contributed by atoms with E-state index in [1.54, 1.807) is 18.3 Å². The number of furan rings is 1. The second-order valence-electron chi connectivity index (χ2n) is 10.1. The van der Waals surface area contributed by atoms with Gasteiger partial charge < -0.3 is 19.5 Å². The molecule has 2 saturated heterocycles. The molecule has 2 aromatic carbocycles. The van der Waals surface area contributed by atoms with Gasteiger partial charge in [-0.15, -0.1) is 0 Å². The number of aromatic nitrogens is 1. The zero-order valence-electron chi connectivity index (χ0n) is 21.3. The van der Waals surface area contributed by atoms with E-state index >= 15 is 0 Å². The number of piperidine rings is 1. The molecule has 0 radical (unpaired) electrons. The average molecular weight is 598 g/mol. The number of hydrogen-bond acceptors (Lipinski definition) is 4. The topological polar surface area (TPSA) is 44.5 Å². The number of pyridine rings is 1. The van der Waals surface area contributed by atoms with Gasteiger partial charge in [0.15, 0.2) is 5.11 Å². The fourth-order valence-corrected chi connectivity index (χ4v) is 6.56. The minimum atomic E-state index is -0.301. The van der Waals surface area contributed by atoms with Crippen LogP contribution in [0.25, 0.3) is 11.3 Å². The van der Waals surface area contributed by atoms with E-state index in [1.807, 2.05) is 42.5 Å². The minimum Gasteiger partial charge on any atom is -0.459 e. The van der Waals surface area contributed by atoms with E-state index in [-0.39, 0.29) is 12.1 Å². The predicted octanol–water partition coefficient (Wildman–Crippen LogP) is 8.72. The number of anilines is 2. The van der Waals surface area contributed by atoms with Gasteiger partial charge in [0.2, 0.25) is 0 Å². The minimum absolute atomic E-state index is 0.236. The van der Waals surface area contributed by atoms with Crippen LogP contribution in [0.5, 0.6) is 0 Å². The fraction of sp³-hybridized carbons (Fsp3) is 0.267. The van der Waals surface area contributed by atoms with Crippen molar-refractivity contribution in [3.63, 3.8) is 0 Å². The third-order valence-corrected chi connectivity index (χ3v) is 8.71. The first-order chi connectivity index (χ1) is 18.9. The molecule has 0 saturated carbocycles. The van der Waals surface area contributed by atoms with Gasteiger partial charge in [-0.25, -0.2) is 0 Å². The Labute approximate surface area is 248 Å². The van der Waals surface area contributed by atoms with Crippen LogP contribution >= 0.6 is 47.0 Å². The summed E-state index contributed by atoms with van der Waals surface area (Å²) in [5, 5.41) is 5.85. The van der Waals surface area contributed by atoms with Crippen LogP contribution in [0.3, 0.4) is 0 Å². The SMILES string of the molecule is CC1CCN(c2ccc(N3C(=S)N[C@@H](c4ccccn4)[C@@H]3c3ccc(-c4ccc(Cl)cc4Cl)o3)cc2Cl)CC1. The molecule has 4 heterocycles. The lowest BCUT2D eigenvalue weighted by atomic mass is 9.98. The lowest BCUT2D eigenvalue weighted by Crippen LogP contribution is -2.33. The highest BCUT2D eigenvalue weighted by Gasteiger charge is 2.43.